The molecule has 0 aliphatic carbocycles. The zero-order chi connectivity index (χ0) is 8.81. The second-order valence-electron chi connectivity index (χ2n) is 2.78. The molecule has 1 heterocycles. The fourth-order valence-electron chi connectivity index (χ4n) is 1.00. The van der Waals surface area contributed by atoms with Gasteiger partial charge in [0.2, 0.25) is 0 Å². The van der Waals surface area contributed by atoms with E-state index >= 15 is 0 Å². The van der Waals surface area contributed by atoms with Crippen LogP contribution in [0, 0.1) is 0 Å². The van der Waals surface area contributed by atoms with Crippen molar-refractivity contribution in [1.29, 1.82) is 0 Å². The predicted molar refractivity (Wildman–Crippen MR) is 49.7 cm³/mol. The van der Waals surface area contributed by atoms with Crippen LogP contribution in [-0.4, -0.2) is 16.3 Å². The topological polar surface area (TPSA) is 29.9 Å². The molecule has 0 unspecified atom stereocenters. The van der Waals surface area contributed by atoms with Gasteiger partial charge < -0.3 is 5.32 Å². The van der Waals surface area contributed by atoms with Crippen molar-refractivity contribution in [3.05, 3.63) is 30.6 Å². The lowest BCUT2D eigenvalue weighted by molar-refractivity contribution is 0.694. The van der Waals surface area contributed by atoms with Gasteiger partial charge in [-0.1, -0.05) is 6.08 Å². The molecular weight excluding hydrogens is 150 g/mol. The summed E-state index contributed by atoms with van der Waals surface area (Å²) in [6.45, 7) is 5.53. The van der Waals surface area contributed by atoms with Gasteiger partial charge in [0.1, 0.15) is 0 Å². The normalized spacial score (nSPS) is 10.1. The van der Waals surface area contributed by atoms with Gasteiger partial charge in [0, 0.05) is 25.4 Å². The molecule has 12 heavy (non-hydrogen) atoms. The molecule has 0 saturated heterocycles. The third-order valence-corrected chi connectivity index (χ3v) is 1.61. The van der Waals surface area contributed by atoms with Crippen molar-refractivity contribution in [2.24, 2.45) is 7.05 Å². The van der Waals surface area contributed by atoms with Crippen LogP contribution < -0.4 is 5.32 Å². The lowest BCUT2D eigenvalue weighted by atomic mass is 10.3. The minimum absolute atomic E-state index is 0.891. The Morgan fingerprint density at radius 2 is 2.58 bits per heavy atom. The fourth-order valence-corrected chi connectivity index (χ4v) is 1.00. The molecule has 0 radical (unpaired) electrons. The molecule has 0 spiro atoms. The van der Waals surface area contributed by atoms with Crippen molar-refractivity contribution >= 4 is 0 Å². The Bertz CT molecular complexity index is 240. The summed E-state index contributed by atoms with van der Waals surface area (Å²) >= 11 is 0. The highest BCUT2D eigenvalue weighted by molar-refractivity contribution is 5.02. The minimum Gasteiger partial charge on any atom is -0.312 e. The third-order valence-electron chi connectivity index (χ3n) is 1.61. The van der Waals surface area contributed by atoms with Crippen molar-refractivity contribution in [1.82, 2.24) is 15.1 Å². The number of hydrogen-bond donors (Lipinski definition) is 1. The number of rotatable bonds is 5. The van der Waals surface area contributed by atoms with Crippen LogP contribution in [0.4, 0.5) is 0 Å². The van der Waals surface area contributed by atoms with Gasteiger partial charge in [0.05, 0.1) is 6.20 Å². The Kier molecular flexibility index (Phi) is 3.54. The quantitative estimate of drug-likeness (QED) is 0.523. The van der Waals surface area contributed by atoms with E-state index in [0.717, 1.165) is 19.5 Å². The maximum atomic E-state index is 4.07. The average Bonchev–Trinajstić information content (AvgIpc) is 2.45. The van der Waals surface area contributed by atoms with E-state index in [-0.39, 0.29) is 0 Å². The van der Waals surface area contributed by atoms with E-state index < -0.39 is 0 Å². The van der Waals surface area contributed by atoms with Crippen molar-refractivity contribution in [3.63, 3.8) is 0 Å². The van der Waals surface area contributed by atoms with E-state index in [9.17, 15) is 0 Å². The van der Waals surface area contributed by atoms with Crippen LogP contribution in [0.25, 0.3) is 0 Å². The molecule has 0 amide bonds. The van der Waals surface area contributed by atoms with Gasteiger partial charge in [-0.05, 0) is 13.0 Å². The van der Waals surface area contributed by atoms with Crippen molar-refractivity contribution in [2.45, 2.75) is 13.0 Å². The maximum absolute atomic E-state index is 4.07. The van der Waals surface area contributed by atoms with E-state index in [2.05, 4.69) is 17.0 Å². The summed E-state index contributed by atoms with van der Waals surface area (Å²) in [5, 5.41) is 7.36. The summed E-state index contributed by atoms with van der Waals surface area (Å²) in [6, 6.07) is 0. The molecule has 3 heteroatoms. The summed E-state index contributed by atoms with van der Waals surface area (Å²) in [5.41, 5.74) is 1.22. The van der Waals surface area contributed by atoms with Crippen LogP contribution in [-0.2, 0) is 13.6 Å². The molecule has 1 aromatic rings. The summed E-state index contributed by atoms with van der Waals surface area (Å²) in [6.07, 6.45) is 6.82. The smallest absolute Gasteiger partial charge is 0.0534 e. The van der Waals surface area contributed by atoms with Crippen molar-refractivity contribution in [3.8, 4) is 0 Å². The molecule has 0 aliphatic rings. The number of aryl methyl sites for hydroxylation is 1. The molecule has 0 atom stereocenters. The van der Waals surface area contributed by atoms with Crippen LogP contribution >= 0.6 is 0 Å². The zero-order valence-corrected chi connectivity index (χ0v) is 7.45. The number of nitrogens with one attached hydrogen (secondary N) is 1. The van der Waals surface area contributed by atoms with Crippen LogP contribution in [0.1, 0.15) is 12.0 Å². The number of hydrogen-bond acceptors (Lipinski definition) is 2. The van der Waals surface area contributed by atoms with Gasteiger partial charge in [-0.25, -0.2) is 0 Å². The van der Waals surface area contributed by atoms with E-state index in [4.69, 9.17) is 0 Å². The fraction of sp³-hybridized carbons (Fsp3) is 0.444. The standard InChI is InChI=1S/C9H15N3/c1-3-4-5-10-6-9-7-11-12(2)8-9/h3,7-8,10H,1,4-6H2,2H3. The minimum atomic E-state index is 0.891. The van der Waals surface area contributed by atoms with Crippen LogP contribution in [0.15, 0.2) is 25.0 Å². The first-order valence-corrected chi connectivity index (χ1v) is 4.12. The second-order valence-corrected chi connectivity index (χ2v) is 2.78. The van der Waals surface area contributed by atoms with Crippen molar-refractivity contribution < 1.29 is 0 Å². The number of nitrogens with zero attached hydrogens (tertiary/aromatic N) is 2. The molecule has 0 saturated carbocycles. The number of aromatic nitrogens is 2. The summed E-state index contributed by atoms with van der Waals surface area (Å²) in [4.78, 5) is 0. The van der Waals surface area contributed by atoms with Gasteiger partial charge in [-0.15, -0.1) is 6.58 Å². The Morgan fingerprint density at radius 1 is 1.75 bits per heavy atom. The van der Waals surface area contributed by atoms with Crippen LogP contribution in [0.3, 0.4) is 0 Å². The first-order valence-electron chi connectivity index (χ1n) is 4.12. The lowest BCUT2D eigenvalue weighted by Crippen LogP contribution is -2.13. The maximum Gasteiger partial charge on any atom is 0.0534 e. The predicted octanol–water partition coefficient (Wildman–Crippen LogP) is 1.09. The molecule has 0 aliphatic heterocycles. The molecule has 1 N–H and O–H groups in total. The molecular formula is C9H15N3. The van der Waals surface area contributed by atoms with E-state index in [1.54, 1.807) is 0 Å². The Labute approximate surface area is 73.1 Å². The molecule has 3 nitrogen and oxygen atoms in total. The Morgan fingerprint density at radius 3 is 3.17 bits per heavy atom. The summed E-state index contributed by atoms with van der Waals surface area (Å²) in [5.74, 6) is 0. The van der Waals surface area contributed by atoms with Crippen LogP contribution in [0.5, 0.6) is 0 Å². The van der Waals surface area contributed by atoms with Gasteiger partial charge in [-0.2, -0.15) is 5.10 Å². The molecule has 0 fully saturated rings. The molecule has 66 valence electrons. The largest absolute Gasteiger partial charge is 0.312 e. The van der Waals surface area contributed by atoms with Gasteiger partial charge in [0.15, 0.2) is 0 Å². The van der Waals surface area contributed by atoms with Gasteiger partial charge in [0.25, 0.3) is 0 Å². The molecule has 1 rings (SSSR count). The highest BCUT2D eigenvalue weighted by Crippen LogP contribution is 1.94. The molecule has 0 bridgehead atoms. The monoisotopic (exact) mass is 165 g/mol. The van der Waals surface area contributed by atoms with Gasteiger partial charge >= 0.3 is 0 Å². The second kappa shape index (κ2) is 4.72. The van der Waals surface area contributed by atoms with E-state index in [1.165, 1.54) is 5.56 Å². The van der Waals surface area contributed by atoms with Gasteiger partial charge in [-0.3, -0.25) is 4.68 Å². The third kappa shape index (κ3) is 2.88. The lowest BCUT2D eigenvalue weighted by Gasteiger charge is -1.98. The zero-order valence-electron chi connectivity index (χ0n) is 7.45. The molecule has 0 aromatic carbocycles. The van der Waals surface area contributed by atoms with E-state index in [0.29, 0.717) is 0 Å². The average molecular weight is 165 g/mol. The van der Waals surface area contributed by atoms with E-state index in [1.807, 2.05) is 30.2 Å². The summed E-state index contributed by atoms with van der Waals surface area (Å²) in [7, 11) is 1.92. The van der Waals surface area contributed by atoms with Crippen molar-refractivity contribution in [2.75, 3.05) is 6.54 Å². The Hall–Kier alpha value is -1.09. The highest BCUT2D eigenvalue weighted by Gasteiger charge is 1.93. The summed E-state index contributed by atoms with van der Waals surface area (Å²) < 4.78 is 1.81. The first kappa shape index (κ1) is 9.00. The first-order chi connectivity index (χ1) is 5.83. The Balaban J connectivity index is 2.19. The SMILES string of the molecule is C=CCCNCc1cnn(C)c1. The van der Waals surface area contributed by atoms with Crippen LogP contribution in [0.2, 0.25) is 0 Å². The molecule has 1 aromatic heterocycles. The highest BCUT2D eigenvalue weighted by atomic mass is 15.2.